The Kier molecular flexibility index (Phi) is 4.73. The van der Waals surface area contributed by atoms with Gasteiger partial charge in [-0.25, -0.2) is 0 Å². The van der Waals surface area contributed by atoms with E-state index in [4.69, 9.17) is 19.7 Å². The van der Waals surface area contributed by atoms with E-state index in [9.17, 15) is 0 Å². The second-order valence-electron chi connectivity index (χ2n) is 5.28. The summed E-state index contributed by atoms with van der Waals surface area (Å²) in [4.78, 5) is 0. The Hall–Kier alpha value is -2.17. The predicted octanol–water partition coefficient (Wildman–Crippen LogP) is 3.18. The van der Waals surface area contributed by atoms with Gasteiger partial charge in [-0.2, -0.15) is 0 Å². The molecule has 2 aromatic rings. The van der Waals surface area contributed by atoms with E-state index < -0.39 is 0 Å². The fraction of sp³-hybridized carbons (Fsp3) is 0.438. The van der Waals surface area contributed by atoms with Crippen LogP contribution in [0.2, 0.25) is 0 Å². The minimum atomic E-state index is 0.297. The lowest BCUT2D eigenvalue weighted by Crippen LogP contribution is -1.99. The van der Waals surface area contributed by atoms with Crippen molar-refractivity contribution in [2.75, 3.05) is 20.0 Å². The smallest absolute Gasteiger partial charge is 0.170 e. The summed E-state index contributed by atoms with van der Waals surface area (Å²) >= 11 is 0. The minimum absolute atomic E-state index is 0.297. The number of methoxy groups -OCH3 is 2. The largest absolute Gasteiger partial charge is 0.497 e. The molecule has 5 nitrogen and oxygen atoms in total. The van der Waals surface area contributed by atoms with Crippen LogP contribution in [0.3, 0.4) is 0 Å². The van der Waals surface area contributed by atoms with Gasteiger partial charge in [0.2, 0.25) is 0 Å². The van der Waals surface area contributed by atoms with E-state index >= 15 is 0 Å². The van der Waals surface area contributed by atoms with Crippen LogP contribution in [-0.4, -0.2) is 19.4 Å². The van der Waals surface area contributed by atoms with Gasteiger partial charge in [-0.05, 0) is 30.0 Å². The Bertz CT molecular complexity index is 583. The maximum Gasteiger partial charge on any atom is 0.170 e. The molecule has 2 rings (SSSR count). The zero-order valence-corrected chi connectivity index (χ0v) is 13.0. The third kappa shape index (κ3) is 3.48. The predicted molar refractivity (Wildman–Crippen MR) is 82.0 cm³/mol. The van der Waals surface area contributed by atoms with E-state index in [1.54, 1.807) is 14.2 Å². The van der Waals surface area contributed by atoms with Crippen LogP contribution in [0, 0.1) is 0 Å². The number of anilines is 1. The molecule has 0 spiro atoms. The number of aromatic nitrogens is 1. The normalized spacial score (nSPS) is 10.9. The van der Waals surface area contributed by atoms with Crippen molar-refractivity contribution in [3.05, 3.63) is 35.1 Å². The molecule has 0 atom stereocenters. The van der Waals surface area contributed by atoms with Gasteiger partial charge in [0.25, 0.3) is 0 Å². The van der Waals surface area contributed by atoms with Crippen molar-refractivity contribution in [1.29, 1.82) is 0 Å². The molecule has 0 saturated heterocycles. The highest BCUT2D eigenvalue weighted by molar-refractivity contribution is 5.43. The molecular weight excluding hydrogens is 268 g/mol. The summed E-state index contributed by atoms with van der Waals surface area (Å²) in [6.45, 7) is 4.17. The maximum atomic E-state index is 5.86. The number of nitrogens with two attached hydrogens (primary N) is 1. The molecule has 0 aliphatic rings. The van der Waals surface area contributed by atoms with Gasteiger partial charge < -0.3 is 19.7 Å². The second kappa shape index (κ2) is 6.52. The molecule has 0 aliphatic carbocycles. The Morgan fingerprint density at radius 3 is 2.24 bits per heavy atom. The fourth-order valence-electron chi connectivity index (χ4n) is 2.41. The first-order valence-corrected chi connectivity index (χ1v) is 7.01. The minimum Gasteiger partial charge on any atom is -0.497 e. The topological polar surface area (TPSA) is 70.5 Å². The lowest BCUT2D eigenvalue weighted by Gasteiger charge is -2.09. The highest BCUT2D eigenvalue weighted by atomic mass is 16.5. The molecule has 1 aromatic carbocycles. The Morgan fingerprint density at radius 1 is 1.10 bits per heavy atom. The quantitative estimate of drug-likeness (QED) is 0.884. The molecule has 0 radical (unpaired) electrons. The highest BCUT2D eigenvalue weighted by Crippen LogP contribution is 2.28. The van der Waals surface area contributed by atoms with Crippen molar-refractivity contribution in [3.8, 4) is 11.5 Å². The van der Waals surface area contributed by atoms with Crippen LogP contribution in [0.4, 0.5) is 5.82 Å². The molecule has 5 heteroatoms. The maximum absolute atomic E-state index is 5.86. The number of ether oxygens (including phenoxy) is 2. The van der Waals surface area contributed by atoms with E-state index in [0.717, 1.165) is 41.2 Å². The van der Waals surface area contributed by atoms with Crippen LogP contribution in [0.15, 0.2) is 22.7 Å². The van der Waals surface area contributed by atoms with Gasteiger partial charge in [-0.1, -0.05) is 19.0 Å². The van der Waals surface area contributed by atoms with Crippen LogP contribution in [0.25, 0.3) is 0 Å². The van der Waals surface area contributed by atoms with Gasteiger partial charge in [0.05, 0.1) is 14.2 Å². The van der Waals surface area contributed by atoms with E-state index in [2.05, 4.69) is 19.0 Å². The van der Waals surface area contributed by atoms with Crippen LogP contribution >= 0.6 is 0 Å². The second-order valence-corrected chi connectivity index (χ2v) is 5.28. The SMILES string of the molecule is COc1cc(CCc2onc(N)c2C(C)C)cc(OC)c1. The van der Waals surface area contributed by atoms with E-state index in [1.807, 2.05) is 18.2 Å². The molecule has 0 saturated carbocycles. The van der Waals surface area contributed by atoms with Crippen LogP contribution in [0.5, 0.6) is 11.5 Å². The molecule has 0 aliphatic heterocycles. The van der Waals surface area contributed by atoms with Crippen molar-refractivity contribution in [2.24, 2.45) is 0 Å². The Balaban J connectivity index is 2.16. The average molecular weight is 290 g/mol. The van der Waals surface area contributed by atoms with Crippen molar-refractivity contribution in [3.63, 3.8) is 0 Å². The fourth-order valence-corrected chi connectivity index (χ4v) is 2.41. The monoisotopic (exact) mass is 290 g/mol. The van der Waals surface area contributed by atoms with E-state index in [-0.39, 0.29) is 0 Å². The average Bonchev–Trinajstić information content (AvgIpc) is 2.85. The van der Waals surface area contributed by atoms with Crippen LogP contribution < -0.4 is 15.2 Å². The van der Waals surface area contributed by atoms with Gasteiger partial charge in [-0.3, -0.25) is 0 Å². The standard InChI is InChI=1S/C16H22N2O3/c1-10(2)15-14(21-18-16(15)17)6-5-11-7-12(19-3)9-13(8-11)20-4/h7-10H,5-6H2,1-4H3,(H2,17,18). The van der Waals surface area contributed by atoms with E-state index in [1.165, 1.54) is 0 Å². The molecule has 0 fully saturated rings. The first-order chi connectivity index (χ1) is 10.0. The zero-order chi connectivity index (χ0) is 15.4. The molecule has 114 valence electrons. The van der Waals surface area contributed by atoms with Gasteiger partial charge in [0.1, 0.15) is 17.3 Å². The Labute approximate surface area is 125 Å². The Morgan fingerprint density at radius 2 is 1.71 bits per heavy atom. The van der Waals surface area contributed by atoms with Crippen molar-refractivity contribution in [1.82, 2.24) is 5.16 Å². The lowest BCUT2D eigenvalue weighted by atomic mass is 9.99. The number of nitrogen functional groups attached to an aromatic ring is 1. The number of hydrogen-bond donors (Lipinski definition) is 1. The van der Waals surface area contributed by atoms with Crippen LogP contribution in [0.1, 0.15) is 36.7 Å². The molecule has 2 N–H and O–H groups in total. The number of hydrogen-bond acceptors (Lipinski definition) is 5. The zero-order valence-electron chi connectivity index (χ0n) is 13.0. The summed E-state index contributed by atoms with van der Waals surface area (Å²) in [6, 6.07) is 5.85. The van der Waals surface area contributed by atoms with Crippen molar-refractivity contribution in [2.45, 2.75) is 32.6 Å². The molecule has 0 unspecified atom stereocenters. The summed E-state index contributed by atoms with van der Waals surface area (Å²) in [5, 5.41) is 3.87. The van der Waals surface area contributed by atoms with Crippen molar-refractivity contribution >= 4 is 5.82 Å². The van der Waals surface area contributed by atoms with Crippen molar-refractivity contribution < 1.29 is 14.0 Å². The van der Waals surface area contributed by atoms with Gasteiger partial charge in [-0.15, -0.1) is 0 Å². The van der Waals surface area contributed by atoms with E-state index in [0.29, 0.717) is 11.7 Å². The molecule has 1 aromatic heterocycles. The molecule has 0 bridgehead atoms. The number of rotatable bonds is 6. The summed E-state index contributed by atoms with van der Waals surface area (Å²) in [5.41, 5.74) is 7.98. The molecular formula is C16H22N2O3. The summed E-state index contributed by atoms with van der Waals surface area (Å²) < 4.78 is 15.9. The lowest BCUT2D eigenvalue weighted by molar-refractivity contribution is 0.381. The first kappa shape index (κ1) is 15.2. The first-order valence-electron chi connectivity index (χ1n) is 7.01. The number of benzene rings is 1. The number of aryl methyl sites for hydroxylation is 2. The molecule has 0 amide bonds. The number of nitrogens with zero attached hydrogens (tertiary/aromatic N) is 1. The summed E-state index contributed by atoms with van der Waals surface area (Å²) in [5.74, 6) is 3.20. The van der Waals surface area contributed by atoms with Gasteiger partial charge >= 0.3 is 0 Å². The third-order valence-corrected chi connectivity index (χ3v) is 3.46. The molecule has 1 heterocycles. The van der Waals surface area contributed by atoms with Gasteiger partial charge in [0.15, 0.2) is 5.82 Å². The molecule has 21 heavy (non-hydrogen) atoms. The summed E-state index contributed by atoms with van der Waals surface area (Å²) in [7, 11) is 3.29. The van der Waals surface area contributed by atoms with Gasteiger partial charge in [0, 0.05) is 18.1 Å². The third-order valence-electron chi connectivity index (χ3n) is 3.46. The summed E-state index contributed by atoms with van der Waals surface area (Å²) in [6.07, 6.45) is 1.55. The van der Waals surface area contributed by atoms with Crippen LogP contribution in [-0.2, 0) is 12.8 Å². The highest BCUT2D eigenvalue weighted by Gasteiger charge is 2.17.